The number of aliphatic hydroxyl groups excluding tert-OH is 1. The second-order valence-electron chi connectivity index (χ2n) is 7.19. The van der Waals surface area contributed by atoms with E-state index in [-0.39, 0.29) is 18.1 Å². The Kier molecular flexibility index (Phi) is 5.02. The Morgan fingerprint density at radius 3 is 2.61 bits per heavy atom. The molecule has 0 bridgehead atoms. The van der Waals surface area contributed by atoms with Gasteiger partial charge in [-0.25, -0.2) is 0 Å². The van der Waals surface area contributed by atoms with Crippen molar-refractivity contribution in [1.29, 1.82) is 0 Å². The monoisotopic (exact) mass is 316 g/mol. The van der Waals surface area contributed by atoms with Crippen LogP contribution in [0.4, 0.5) is 5.69 Å². The topological polar surface area (TPSA) is 52.6 Å². The van der Waals surface area contributed by atoms with Gasteiger partial charge in [-0.2, -0.15) is 0 Å². The molecule has 3 rings (SSSR count). The van der Waals surface area contributed by atoms with Crippen molar-refractivity contribution in [2.24, 2.45) is 0 Å². The van der Waals surface area contributed by atoms with Crippen LogP contribution < -0.4 is 5.32 Å². The highest BCUT2D eigenvalue weighted by Crippen LogP contribution is 2.33. The Hall–Kier alpha value is -1.39. The van der Waals surface area contributed by atoms with Crippen molar-refractivity contribution in [2.75, 3.05) is 11.9 Å². The van der Waals surface area contributed by atoms with Gasteiger partial charge in [-0.15, -0.1) is 0 Å². The van der Waals surface area contributed by atoms with Crippen molar-refractivity contribution in [3.8, 4) is 0 Å². The average Bonchev–Trinajstić information content (AvgIpc) is 3.33. The molecule has 1 aromatic carbocycles. The van der Waals surface area contributed by atoms with E-state index in [1.54, 1.807) is 0 Å². The van der Waals surface area contributed by atoms with E-state index >= 15 is 0 Å². The largest absolute Gasteiger partial charge is 0.391 e. The molecule has 4 nitrogen and oxygen atoms in total. The van der Waals surface area contributed by atoms with Gasteiger partial charge in [0.25, 0.3) is 0 Å². The van der Waals surface area contributed by atoms with Crippen LogP contribution in [-0.4, -0.2) is 40.6 Å². The van der Waals surface area contributed by atoms with Crippen molar-refractivity contribution >= 4 is 11.6 Å². The second kappa shape index (κ2) is 7.02. The number of hydrogen-bond acceptors (Lipinski definition) is 3. The Morgan fingerprint density at radius 1 is 1.22 bits per heavy atom. The predicted octanol–water partition coefficient (Wildman–Crippen LogP) is 3.01. The fraction of sp³-hybridized carbons (Fsp3) is 0.632. The summed E-state index contributed by atoms with van der Waals surface area (Å²) in [6, 6.07) is 6.71. The molecular formula is C19H28N2O2. The first-order valence-corrected chi connectivity index (χ1v) is 8.85. The summed E-state index contributed by atoms with van der Waals surface area (Å²) in [5.74, 6) is 0.0293. The highest BCUT2D eigenvalue weighted by atomic mass is 16.3. The molecule has 0 saturated heterocycles. The number of benzene rings is 1. The Balaban J connectivity index is 1.64. The minimum absolute atomic E-state index is 0.0293. The summed E-state index contributed by atoms with van der Waals surface area (Å²) in [6.07, 6.45) is 6.16. The molecule has 126 valence electrons. The second-order valence-corrected chi connectivity index (χ2v) is 7.19. The van der Waals surface area contributed by atoms with Gasteiger partial charge >= 0.3 is 0 Å². The number of anilines is 1. The number of hydrogen-bond donors (Lipinski definition) is 2. The number of rotatable bonds is 5. The molecule has 0 unspecified atom stereocenters. The first kappa shape index (κ1) is 16.5. The maximum atomic E-state index is 12.5. The van der Waals surface area contributed by atoms with E-state index in [0.29, 0.717) is 12.6 Å². The minimum Gasteiger partial charge on any atom is -0.391 e. The van der Waals surface area contributed by atoms with Gasteiger partial charge in [-0.1, -0.05) is 30.5 Å². The van der Waals surface area contributed by atoms with Gasteiger partial charge in [0, 0.05) is 17.8 Å². The van der Waals surface area contributed by atoms with Crippen molar-refractivity contribution in [2.45, 2.75) is 70.6 Å². The molecule has 2 N–H and O–H groups in total. The highest BCUT2D eigenvalue weighted by Gasteiger charge is 2.38. The number of aryl methyl sites for hydroxylation is 2. The number of aliphatic hydroxyl groups is 1. The number of amides is 1. The van der Waals surface area contributed by atoms with E-state index in [9.17, 15) is 9.90 Å². The number of carbonyl (C=O) groups excluding carboxylic acids is 1. The molecule has 1 amide bonds. The first-order valence-electron chi connectivity index (χ1n) is 8.85. The van der Waals surface area contributed by atoms with Crippen LogP contribution in [0.15, 0.2) is 18.2 Å². The van der Waals surface area contributed by atoms with Crippen LogP contribution in [-0.2, 0) is 4.79 Å². The molecule has 4 heteroatoms. The molecule has 0 radical (unpaired) electrons. The summed E-state index contributed by atoms with van der Waals surface area (Å²) in [5.41, 5.74) is 3.18. The molecule has 0 heterocycles. The maximum absolute atomic E-state index is 12.5. The molecule has 2 fully saturated rings. The van der Waals surface area contributed by atoms with Crippen LogP contribution in [0.3, 0.4) is 0 Å². The van der Waals surface area contributed by atoms with Crippen LogP contribution in [0.5, 0.6) is 0 Å². The lowest BCUT2D eigenvalue weighted by Gasteiger charge is -2.37. The zero-order valence-corrected chi connectivity index (χ0v) is 14.2. The van der Waals surface area contributed by atoms with Gasteiger partial charge in [-0.05, 0) is 51.2 Å². The number of nitrogens with zero attached hydrogens (tertiary/aromatic N) is 1. The fourth-order valence-corrected chi connectivity index (χ4v) is 3.71. The SMILES string of the molecule is Cc1ccc(NC(=O)CN(C2CC2)[C@@H]2CCCC[C@H]2O)c(C)c1. The van der Waals surface area contributed by atoms with E-state index < -0.39 is 0 Å². The molecule has 2 saturated carbocycles. The van der Waals surface area contributed by atoms with Crippen LogP contribution in [0.2, 0.25) is 0 Å². The van der Waals surface area contributed by atoms with Gasteiger partial charge in [0.05, 0.1) is 12.6 Å². The van der Waals surface area contributed by atoms with E-state index in [4.69, 9.17) is 0 Å². The van der Waals surface area contributed by atoms with Crippen LogP contribution >= 0.6 is 0 Å². The van der Waals surface area contributed by atoms with Gasteiger partial charge in [0.15, 0.2) is 0 Å². The Labute approximate surface area is 138 Å². The smallest absolute Gasteiger partial charge is 0.238 e. The summed E-state index contributed by atoms with van der Waals surface area (Å²) in [6.45, 7) is 4.46. The third kappa shape index (κ3) is 4.12. The summed E-state index contributed by atoms with van der Waals surface area (Å²) in [4.78, 5) is 14.8. The first-order chi connectivity index (χ1) is 11.0. The number of carbonyl (C=O) groups is 1. The summed E-state index contributed by atoms with van der Waals surface area (Å²) < 4.78 is 0. The van der Waals surface area contributed by atoms with Crippen LogP contribution in [0.1, 0.15) is 49.7 Å². The van der Waals surface area contributed by atoms with Crippen molar-refractivity contribution in [3.05, 3.63) is 29.3 Å². The molecule has 2 aliphatic rings. The summed E-state index contributed by atoms with van der Waals surface area (Å²) in [7, 11) is 0. The van der Waals surface area contributed by atoms with E-state index in [0.717, 1.165) is 49.8 Å². The van der Waals surface area contributed by atoms with Crippen molar-refractivity contribution in [3.63, 3.8) is 0 Å². The molecule has 1 aromatic rings. The third-order valence-corrected chi connectivity index (χ3v) is 5.12. The zero-order valence-electron chi connectivity index (χ0n) is 14.2. The van der Waals surface area contributed by atoms with Crippen molar-refractivity contribution < 1.29 is 9.90 Å². The molecule has 2 atom stereocenters. The highest BCUT2D eigenvalue weighted by molar-refractivity contribution is 5.93. The molecule has 2 aliphatic carbocycles. The van der Waals surface area contributed by atoms with E-state index in [1.807, 2.05) is 19.1 Å². The van der Waals surface area contributed by atoms with Gasteiger partial charge in [0.1, 0.15) is 0 Å². The molecular weight excluding hydrogens is 288 g/mol. The molecule has 0 spiro atoms. The van der Waals surface area contributed by atoms with Crippen LogP contribution in [0, 0.1) is 13.8 Å². The zero-order chi connectivity index (χ0) is 16.4. The van der Waals surface area contributed by atoms with Crippen LogP contribution in [0.25, 0.3) is 0 Å². The molecule has 0 aliphatic heterocycles. The fourth-order valence-electron chi connectivity index (χ4n) is 3.71. The van der Waals surface area contributed by atoms with Crippen molar-refractivity contribution in [1.82, 2.24) is 4.90 Å². The summed E-state index contributed by atoms with van der Waals surface area (Å²) in [5, 5.41) is 13.4. The third-order valence-electron chi connectivity index (χ3n) is 5.12. The minimum atomic E-state index is -0.279. The lowest BCUT2D eigenvalue weighted by atomic mass is 9.91. The van der Waals surface area contributed by atoms with Gasteiger partial charge < -0.3 is 10.4 Å². The normalized spacial score (nSPS) is 24.7. The number of nitrogens with one attached hydrogen (secondary N) is 1. The standard InChI is InChI=1S/C19H28N2O2/c1-13-7-10-16(14(2)11-13)20-19(23)12-21(15-8-9-15)17-5-3-4-6-18(17)22/h7,10-11,15,17-18,22H,3-6,8-9,12H2,1-2H3,(H,20,23)/t17-,18-/m1/s1. The summed E-state index contributed by atoms with van der Waals surface area (Å²) >= 11 is 0. The maximum Gasteiger partial charge on any atom is 0.238 e. The Morgan fingerprint density at radius 2 is 1.96 bits per heavy atom. The lowest BCUT2D eigenvalue weighted by Crippen LogP contribution is -2.49. The predicted molar refractivity (Wildman–Crippen MR) is 92.5 cm³/mol. The Bertz CT molecular complexity index is 568. The quantitative estimate of drug-likeness (QED) is 0.878. The average molecular weight is 316 g/mol. The molecule has 23 heavy (non-hydrogen) atoms. The molecule has 0 aromatic heterocycles. The van der Waals surface area contributed by atoms with Gasteiger partial charge in [-0.3, -0.25) is 9.69 Å². The lowest BCUT2D eigenvalue weighted by molar-refractivity contribution is -0.119. The van der Waals surface area contributed by atoms with E-state index in [2.05, 4.69) is 23.2 Å². The van der Waals surface area contributed by atoms with E-state index in [1.165, 1.54) is 5.56 Å². The van der Waals surface area contributed by atoms with Gasteiger partial charge in [0.2, 0.25) is 5.91 Å².